The molecule has 0 bridgehead atoms. The molecular weight excluding hydrogens is 120 g/mol. The van der Waals surface area contributed by atoms with Crippen LogP contribution in [0, 0.1) is 36.5 Å². The van der Waals surface area contributed by atoms with Gasteiger partial charge in [-0.25, -0.2) is 0 Å². The predicted octanol–water partition coefficient (Wildman–Crippen LogP) is 2.26. The molecule has 1 saturated carbocycles. The van der Waals surface area contributed by atoms with E-state index in [0.717, 1.165) is 30.6 Å². The Morgan fingerprint density at radius 2 is 1.50 bits per heavy atom. The van der Waals surface area contributed by atoms with Crippen LogP contribution in [0.4, 0.5) is 0 Å². The van der Waals surface area contributed by atoms with E-state index in [0.29, 0.717) is 0 Å². The Morgan fingerprint density at radius 1 is 1.00 bits per heavy atom. The Bertz CT molecular complexity index is 164. The highest BCUT2D eigenvalue weighted by Crippen LogP contribution is 2.51. The fraction of sp³-hybridized carbons (Fsp3) is 0.700. The van der Waals surface area contributed by atoms with E-state index in [1.807, 2.05) is 0 Å². The summed E-state index contributed by atoms with van der Waals surface area (Å²) < 4.78 is 0. The number of hydrogen-bond acceptors (Lipinski definition) is 0. The van der Waals surface area contributed by atoms with E-state index in [2.05, 4.69) is 18.8 Å². The molecule has 2 unspecified atom stereocenters. The van der Waals surface area contributed by atoms with Gasteiger partial charge in [-0.2, -0.15) is 0 Å². The minimum atomic E-state index is 0.765. The number of fused-ring (bicyclic) bond motifs is 1. The summed E-state index contributed by atoms with van der Waals surface area (Å²) in [5.74, 6) is 9.02. The third kappa shape index (κ3) is 0.944. The van der Waals surface area contributed by atoms with E-state index in [9.17, 15) is 0 Å². The van der Waals surface area contributed by atoms with Crippen LogP contribution >= 0.6 is 0 Å². The van der Waals surface area contributed by atoms with Crippen molar-refractivity contribution in [3.63, 3.8) is 0 Å². The van der Waals surface area contributed by atoms with E-state index in [1.165, 1.54) is 12.8 Å². The lowest BCUT2D eigenvalue weighted by atomic mass is 10.1. The lowest BCUT2D eigenvalue weighted by Crippen LogP contribution is -1.85. The molecule has 0 amide bonds. The maximum absolute atomic E-state index is 4.12. The van der Waals surface area contributed by atoms with Crippen LogP contribution in [0.2, 0.25) is 0 Å². The first-order valence-electron chi connectivity index (χ1n) is 4.18. The van der Waals surface area contributed by atoms with Crippen LogP contribution < -0.4 is 0 Å². The summed E-state index contributed by atoms with van der Waals surface area (Å²) in [4.78, 5) is 0. The standard InChI is InChI=1S/C10H13/c1-8-9-6-4-2-3-5-7-10(8)9/h8-10H,1,4-7H2. The second-order valence-corrected chi connectivity index (χ2v) is 3.42. The van der Waals surface area contributed by atoms with Gasteiger partial charge in [0.25, 0.3) is 0 Å². The van der Waals surface area contributed by atoms with E-state index in [1.54, 1.807) is 0 Å². The Kier molecular flexibility index (Phi) is 1.45. The third-order valence-electron chi connectivity index (χ3n) is 2.84. The van der Waals surface area contributed by atoms with Crippen molar-refractivity contribution in [3.05, 3.63) is 6.92 Å². The molecule has 2 rings (SSSR count). The normalized spacial score (nSPS) is 43.9. The van der Waals surface area contributed by atoms with Gasteiger partial charge in [0.05, 0.1) is 0 Å². The van der Waals surface area contributed by atoms with E-state index >= 15 is 0 Å². The molecular formula is C10H13. The summed E-state index contributed by atoms with van der Waals surface area (Å²) in [6, 6.07) is 0. The van der Waals surface area contributed by atoms with Crippen molar-refractivity contribution in [2.24, 2.45) is 17.8 Å². The fourth-order valence-corrected chi connectivity index (χ4v) is 2.04. The van der Waals surface area contributed by atoms with Crippen LogP contribution in [0.25, 0.3) is 0 Å². The van der Waals surface area contributed by atoms with Crippen molar-refractivity contribution in [2.45, 2.75) is 25.7 Å². The van der Waals surface area contributed by atoms with Crippen molar-refractivity contribution in [1.82, 2.24) is 0 Å². The molecule has 53 valence electrons. The molecule has 2 atom stereocenters. The molecule has 1 radical (unpaired) electrons. The van der Waals surface area contributed by atoms with Crippen molar-refractivity contribution >= 4 is 0 Å². The first-order chi connectivity index (χ1) is 4.89. The Hall–Kier alpha value is -0.440. The fourth-order valence-electron chi connectivity index (χ4n) is 2.04. The van der Waals surface area contributed by atoms with E-state index in [4.69, 9.17) is 0 Å². The van der Waals surface area contributed by atoms with Gasteiger partial charge in [0.2, 0.25) is 0 Å². The maximum Gasteiger partial charge on any atom is 0.00915 e. The van der Waals surface area contributed by atoms with Gasteiger partial charge in [-0.15, -0.1) is 11.8 Å². The second-order valence-electron chi connectivity index (χ2n) is 3.42. The van der Waals surface area contributed by atoms with Crippen molar-refractivity contribution in [2.75, 3.05) is 0 Å². The smallest absolute Gasteiger partial charge is 0.00915 e. The average Bonchev–Trinajstić information content (AvgIpc) is 2.39. The van der Waals surface area contributed by atoms with Gasteiger partial charge in [-0.1, -0.05) is 0 Å². The van der Waals surface area contributed by atoms with Crippen LogP contribution in [0.15, 0.2) is 0 Å². The largest absolute Gasteiger partial charge is 0.103 e. The second kappa shape index (κ2) is 2.31. The Labute approximate surface area is 63.0 Å². The maximum atomic E-state index is 4.12. The molecule has 0 heterocycles. The summed E-state index contributed by atoms with van der Waals surface area (Å²) in [5.41, 5.74) is 0. The first-order valence-corrected chi connectivity index (χ1v) is 4.18. The molecule has 0 N–H and O–H groups in total. The van der Waals surface area contributed by atoms with Gasteiger partial charge >= 0.3 is 0 Å². The zero-order valence-electron chi connectivity index (χ0n) is 6.27. The van der Waals surface area contributed by atoms with Gasteiger partial charge in [0.1, 0.15) is 0 Å². The molecule has 2 aliphatic carbocycles. The third-order valence-corrected chi connectivity index (χ3v) is 2.84. The minimum Gasteiger partial charge on any atom is -0.103 e. The summed E-state index contributed by atoms with van der Waals surface area (Å²) in [6.45, 7) is 4.12. The molecule has 0 aromatic carbocycles. The molecule has 0 aromatic rings. The lowest BCUT2D eigenvalue weighted by Gasteiger charge is -1.96. The Morgan fingerprint density at radius 3 is 2.00 bits per heavy atom. The lowest BCUT2D eigenvalue weighted by molar-refractivity contribution is 0.618. The monoisotopic (exact) mass is 133 g/mol. The van der Waals surface area contributed by atoms with Crippen LogP contribution in [0.5, 0.6) is 0 Å². The zero-order valence-corrected chi connectivity index (χ0v) is 6.27. The van der Waals surface area contributed by atoms with Crippen LogP contribution in [0.1, 0.15) is 25.7 Å². The highest BCUT2D eigenvalue weighted by Gasteiger charge is 2.44. The summed E-state index contributed by atoms with van der Waals surface area (Å²) in [5, 5.41) is 0. The molecule has 1 fully saturated rings. The van der Waals surface area contributed by atoms with Gasteiger partial charge in [-0.05, 0) is 37.5 Å². The summed E-state index contributed by atoms with van der Waals surface area (Å²) >= 11 is 0. The van der Waals surface area contributed by atoms with Gasteiger partial charge in [0, 0.05) is 12.8 Å². The van der Waals surface area contributed by atoms with Crippen LogP contribution in [-0.4, -0.2) is 0 Å². The molecule has 0 spiro atoms. The van der Waals surface area contributed by atoms with E-state index < -0.39 is 0 Å². The SMILES string of the molecule is [CH2]C1C2CCC#CCCC12. The van der Waals surface area contributed by atoms with Gasteiger partial charge in [0.15, 0.2) is 0 Å². The molecule has 0 nitrogen and oxygen atoms in total. The molecule has 10 heavy (non-hydrogen) atoms. The van der Waals surface area contributed by atoms with E-state index in [-0.39, 0.29) is 0 Å². The quantitative estimate of drug-likeness (QED) is 0.445. The highest BCUT2D eigenvalue weighted by atomic mass is 14.5. The average molecular weight is 133 g/mol. The topological polar surface area (TPSA) is 0 Å². The first kappa shape index (κ1) is 6.28. The minimum absolute atomic E-state index is 0.765. The zero-order chi connectivity index (χ0) is 6.97. The molecule has 0 aliphatic heterocycles. The Balaban J connectivity index is 1.97. The van der Waals surface area contributed by atoms with Crippen molar-refractivity contribution in [1.29, 1.82) is 0 Å². The van der Waals surface area contributed by atoms with Crippen molar-refractivity contribution < 1.29 is 0 Å². The van der Waals surface area contributed by atoms with Crippen LogP contribution in [0.3, 0.4) is 0 Å². The predicted molar refractivity (Wildman–Crippen MR) is 42.1 cm³/mol. The van der Waals surface area contributed by atoms with Crippen LogP contribution in [-0.2, 0) is 0 Å². The van der Waals surface area contributed by atoms with Crippen molar-refractivity contribution in [3.8, 4) is 11.8 Å². The summed E-state index contributed by atoms with van der Waals surface area (Å²) in [7, 11) is 0. The van der Waals surface area contributed by atoms with Gasteiger partial charge < -0.3 is 0 Å². The molecule has 0 aromatic heterocycles. The molecule has 0 heteroatoms. The molecule has 2 aliphatic rings. The van der Waals surface area contributed by atoms with Gasteiger partial charge in [-0.3, -0.25) is 0 Å². The number of hydrogen-bond donors (Lipinski definition) is 0. The molecule has 0 saturated heterocycles. The highest BCUT2D eigenvalue weighted by molar-refractivity contribution is 5.08. The number of rotatable bonds is 0. The summed E-state index contributed by atoms with van der Waals surface area (Å²) in [6.07, 6.45) is 4.86.